The first-order chi connectivity index (χ1) is 17.0. The first kappa shape index (κ1) is 22.4. The zero-order valence-corrected chi connectivity index (χ0v) is 20.2. The molecule has 1 aliphatic carbocycles. The lowest BCUT2D eigenvalue weighted by molar-refractivity contribution is -0.387. The van der Waals surface area contributed by atoms with E-state index < -0.39 is 0 Å². The smallest absolute Gasteiger partial charge is 0.282 e. The van der Waals surface area contributed by atoms with Crippen molar-refractivity contribution in [3.63, 3.8) is 0 Å². The molecule has 0 amide bonds. The van der Waals surface area contributed by atoms with Gasteiger partial charge < -0.3 is 5.32 Å². The van der Waals surface area contributed by atoms with E-state index in [9.17, 15) is 14.5 Å². The fourth-order valence-corrected chi connectivity index (χ4v) is 7.70. The van der Waals surface area contributed by atoms with Crippen LogP contribution in [0.3, 0.4) is 0 Å². The molecule has 1 fully saturated rings. The van der Waals surface area contributed by atoms with Gasteiger partial charge in [0, 0.05) is 22.9 Å². The van der Waals surface area contributed by atoms with E-state index in [1.807, 2.05) is 30.3 Å². The minimum Gasteiger partial charge on any atom is -0.378 e. The van der Waals surface area contributed by atoms with Crippen molar-refractivity contribution in [1.29, 1.82) is 0 Å². The summed E-state index contributed by atoms with van der Waals surface area (Å²) in [6, 6.07) is 26.0. The fourth-order valence-electron chi connectivity index (χ4n) is 5.77. The van der Waals surface area contributed by atoms with Crippen LogP contribution in [-0.2, 0) is 0 Å². The average Bonchev–Trinajstić information content (AvgIpc) is 3.20. The largest absolute Gasteiger partial charge is 0.378 e. The van der Waals surface area contributed by atoms with E-state index in [1.165, 1.54) is 34.8 Å². The minimum atomic E-state index is -0.334. The number of benzene rings is 4. The monoisotopic (exact) mass is 504 g/mol. The van der Waals surface area contributed by atoms with Crippen LogP contribution in [0, 0.1) is 21.8 Å². The van der Waals surface area contributed by atoms with Crippen molar-refractivity contribution in [2.24, 2.45) is 5.92 Å². The third-order valence-electron chi connectivity index (χ3n) is 7.28. The number of nitro benzene ring substituents is 1. The van der Waals surface area contributed by atoms with E-state index >= 15 is 0 Å². The summed E-state index contributed by atoms with van der Waals surface area (Å²) in [5.74, 6) is -0.0603. The number of nitrogens with one attached hydrogen (secondary N) is 1. The Hall–Kier alpha value is -3.09. The molecule has 35 heavy (non-hydrogen) atoms. The van der Waals surface area contributed by atoms with Crippen LogP contribution < -0.4 is 5.32 Å². The summed E-state index contributed by atoms with van der Waals surface area (Å²) in [6.07, 6.45) is 0.785. The molecule has 0 unspecified atom stereocenters. The Bertz CT molecular complexity index is 1430. The highest BCUT2D eigenvalue weighted by molar-refractivity contribution is 8.00. The Kier molecular flexibility index (Phi) is 5.66. The maximum atomic E-state index is 13.7. The number of nitrogens with zero attached hydrogens (tertiary/aromatic N) is 1. The van der Waals surface area contributed by atoms with Gasteiger partial charge in [0.2, 0.25) is 0 Å². The number of thioether (sulfide) groups is 1. The highest BCUT2D eigenvalue weighted by Gasteiger charge is 2.50. The molecule has 0 radical (unpaired) electrons. The second kappa shape index (κ2) is 8.85. The Balaban J connectivity index is 1.45. The van der Waals surface area contributed by atoms with Crippen molar-refractivity contribution >= 4 is 45.5 Å². The Morgan fingerprint density at radius 1 is 0.971 bits per heavy atom. The maximum Gasteiger partial charge on any atom is 0.282 e. The van der Waals surface area contributed by atoms with E-state index in [4.69, 9.17) is 11.6 Å². The summed E-state index contributed by atoms with van der Waals surface area (Å²) in [6.45, 7) is 0. The molecule has 0 saturated heterocycles. The molecule has 2 aliphatic rings. The topological polar surface area (TPSA) is 55.2 Å². The van der Waals surface area contributed by atoms with Crippen LogP contribution >= 0.6 is 23.4 Å². The van der Waals surface area contributed by atoms with Crippen molar-refractivity contribution < 1.29 is 9.31 Å². The molecular formula is C28H22ClFN2O2S. The first-order valence-corrected chi connectivity index (χ1v) is 12.9. The summed E-state index contributed by atoms with van der Waals surface area (Å²) < 4.78 is 13.7. The van der Waals surface area contributed by atoms with Crippen molar-refractivity contribution in [3.8, 4) is 0 Å². The van der Waals surface area contributed by atoms with Gasteiger partial charge in [-0.25, -0.2) is 4.39 Å². The summed E-state index contributed by atoms with van der Waals surface area (Å²) in [4.78, 5) is 11.9. The van der Waals surface area contributed by atoms with Crippen molar-refractivity contribution in [1.82, 2.24) is 0 Å². The van der Waals surface area contributed by atoms with Gasteiger partial charge in [0.1, 0.15) is 5.82 Å². The highest BCUT2D eigenvalue weighted by Crippen LogP contribution is 2.59. The molecule has 0 aromatic heterocycles. The van der Waals surface area contributed by atoms with Gasteiger partial charge in [0.25, 0.3) is 5.69 Å². The zero-order valence-electron chi connectivity index (χ0n) is 18.6. The molecule has 0 spiro atoms. The van der Waals surface area contributed by atoms with Gasteiger partial charge in [0.05, 0.1) is 21.2 Å². The number of hydrogen-bond acceptors (Lipinski definition) is 4. The number of para-hydroxylation sites is 1. The van der Waals surface area contributed by atoms with Gasteiger partial charge in [-0.2, -0.15) is 0 Å². The lowest BCUT2D eigenvalue weighted by Gasteiger charge is -2.39. The Labute approximate surface area is 211 Å². The Morgan fingerprint density at radius 2 is 1.71 bits per heavy atom. The zero-order chi connectivity index (χ0) is 24.1. The van der Waals surface area contributed by atoms with Crippen LogP contribution in [0.25, 0.3) is 10.8 Å². The van der Waals surface area contributed by atoms with Gasteiger partial charge in [0.15, 0.2) is 0 Å². The van der Waals surface area contributed by atoms with Gasteiger partial charge in [-0.1, -0.05) is 54.6 Å². The molecule has 1 N–H and O–H groups in total. The number of rotatable bonds is 4. The molecular weight excluding hydrogens is 483 g/mol. The highest BCUT2D eigenvalue weighted by atomic mass is 35.5. The molecule has 1 heterocycles. The molecule has 1 aliphatic heterocycles. The van der Waals surface area contributed by atoms with Gasteiger partial charge in [-0.05, 0) is 58.5 Å². The van der Waals surface area contributed by atoms with E-state index in [0.29, 0.717) is 4.90 Å². The number of halogens is 2. The third kappa shape index (κ3) is 3.85. The van der Waals surface area contributed by atoms with E-state index in [-0.39, 0.29) is 44.9 Å². The second-order valence-corrected chi connectivity index (χ2v) is 11.0. The van der Waals surface area contributed by atoms with Gasteiger partial charge in [-0.15, -0.1) is 23.4 Å². The lowest BCUT2D eigenvalue weighted by Crippen LogP contribution is -2.31. The molecule has 7 heteroatoms. The van der Waals surface area contributed by atoms with Crippen LogP contribution in [0.1, 0.15) is 29.5 Å². The maximum absolute atomic E-state index is 13.7. The molecule has 4 aromatic carbocycles. The van der Waals surface area contributed by atoms with Crippen molar-refractivity contribution in [2.45, 2.75) is 33.9 Å². The molecule has 176 valence electrons. The van der Waals surface area contributed by atoms with Crippen LogP contribution in [0.5, 0.6) is 0 Å². The molecule has 4 aromatic rings. The second-order valence-electron chi connectivity index (χ2n) is 9.17. The average molecular weight is 505 g/mol. The summed E-state index contributed by atoms with van der Waals surface area (Å²) in [7, 11) is 0. The standard InChI is InChI=1S/C28H22ClFN2O2S/c29-27-24(35-23-8-4-3-7-22(23)32(33)34)15-20-26(27)25-19-6-2-1-5-16(19)11-14-21(25)31-28(20)17-9-12-18(30)13-10-17/h1-14,20,24,26-28,31H,15H2/t20-,24+,26+,27+,28+/m1/s1. The van der Waals surface area contributed by atoms with E-state index in [1.54, 1.807) is 18.2 Å². The predicted molar refractivity (Wildman–Crippen MR) is 140 cm³/mol. The molecule has 5 atom stereocenters. The number of alkyl halides is 1. The Morgan fingerprint density at radius 3 is 2.51 bits per heavy atom. The lowest BCUT2D eigenvalue weighted by atomic mass is 9.75. The summed E-state index contributed by atoms with van der Waals surface area (Å²) >= 11 is 8.76. The molecule has 1 saturated carbocycles. The van der Waals surface area contributed by atoms with E-state index in [2.05, 4.69) is 29.6 Å². The minimum absolute atomic E-state index is 0.0116. The van der Waals surface area contributed by atoms with Gasteiger partial charge in [-0.3, -0.25) is 10.1 Å². The SMILES string of the molecule is O=[N+]([O-])c1ccccc1S[C@H]1C[C@@H]2[C@@H](c3c(ccc4ccccc34)N[C@H]2c2ccc(F)cc2)[C@H]1Cl. The quantitative estimate of drug-likeness (QED) is 0.174. The van der Waals surface area contributed by atoms with Crippen molar-refractivity contribution in [2.75, 3.05) is 5.32 Å². The molecule has 4 nitrogen and oxygen atoms in total. The number of fused-ring (bicyclic) bond motifs is 5. The first-order valence-electron chi connectivity index (χ1n) is 11.6. The van der Waals surface area contributed by atoms with Crippen LogP contribution in [-0.4, -0.2) is 15.6 Å². The van der Waals surface area contributed by atoms with Crippen LogP contribution in [0.2, 0.25) is 0 Å². The van der Waals surface area contributed by atoms with Crippen molar-refractivity contribution in [3.05, 3.63) is 112 Å². The van der Waals surface area contributed by atoms with Crippen LogP contribution in [0.4, 0.5) is 15.8 Å². The van der Waals surface area contributed by atoms with Crippen LogP contribution in [0.15, 0.2) is 89.8 Å². The fraction of sp³-hybridized carbons (Fsp3) is 0.214. The number of nitro groups is 1. The van der Waals surface area contributed by atoms with Gasteiger partial charge >= 0.3 is 0 Å². The third-order valence-corrected chi connectivity index (χ3v) is 9.39. The molecule has 0 bridgehead atoms. The normalized spacial score (nSPS) is 25.0. The van der Waals surface area contributed by atoms with E-state index in [0.717, 1.165) is 23.1 Å². The predicted octanol–water partition coefficient (Wildman–Crippen LogP) is 7.93. The number of hydrogen-bond donors (Lipinski definition) is 1. The summed E-state index contributed by atoms with van der Waals surface area (Å²) in [5, 5.41) is 17.5. The number of anilines is 1. The summed E-state index contributed by atoms with van der Waals surface area (Å²) in [5.41, 5.74) is 3.37. The molecule has 6 rings (SSSR count).